The number of nitro benzene ring substituents is 1. The molecule has 2 rings (SSSR count). The number of benzene rings is 1. The van der Waals surface area contributed by atoms with E-state index in [0.717, 1.165) is 37.4 Å². The lowest BCUT2D eigenvalue weighted by Crippen LogP contribution is -3.00. The average Bonchev–Trinajstić information content (AvgIpc) is 2.30. The van der Waals surface area contributed by atoms with Gasteiger partial charge in [-0.25, -0.2) is 0 Å². The van der Waals surface area contributed by atoms with Crippen LogP contribution >= 0.6 is 0 Å². The zero-order valence-electron chi connectivity index (χ0n) is 9.65. The van der Waals surface area contributed by atoms with E-state index in [9.17, 15) is 10.1 Å². The first kappa shape index (κ1) is 13.7. The molecule has 0 radical (unpaired) electrons. The fourth-order valence-electron chi connectivity index (χ4n) is 2.01. The molecule has 1 fully saturated rings. The van der Waals surface area contributed by atoms with Crippen LogP contribution in [0.15, 0.2) is 18.2 Å². The van der Waals surface area contributed by atoms with Crippen molar-refractivity contribution in [3.05, 3.63) is 33.9 Å². The van der Waals surface area contributed by atoms with E-state index in [-0.39, 0.29) is 23.0 Å². The van der Waals surface area contributed by atoms with Gasteiger partial charge in [0.1, 0.15) is 0 Å². The molecule has 0 aromatic heterocycles. The normalized spacial score (nSPS) is 15.2. The molecule has 94 valence electrons. The van der Waals surface area contributed by atoms with Gasteiger partial charge in [-0.15, -0.1) is 0 Å². The van der Waals surface area contributed by atoms with E-state index in [1.54, 1.807) is 12.1 Å². The Kier molecular flexibility index (Phi) is 4.72. The molecule has 0 aliphatic carbocycles. The summed E-state index contributed by atoms with van der Waals surface area (Å²) in [4.78, 5) is 12.5. The second-order valence-electron chi connectivity index (χ2n) is 3.96. The number of hydrogen-bond donors (Lipinski definition) is 1. The smallest absolute Gasteiger partial charge is 0.269 e. The summed E-state index contributed by atoms with van der Waals surface area (Å²) >= 11 is 0. The van der Waals surface area contributed by atoms with Crippen LogP contribution in [0, 0.1) is 17.0 Å². The third-order valence-corrected chi connectivity index (χ3v) is 2.85. The van der Waals surface area contributed by atoms with Crippen molar-refractivity contribution in [2.45, 2.75) is 6.92 Å². The van der Waals surface area contributed by atoms with Crippen molar-refractivity contribution in [2.24, 2.45) is 0 Å². The van der Waals surface area contributed by atoms with Crippen molar-refractivity contribution in [1.82, 2.24) is 5.32 Å². The third kappa shape index (κ3) is 3.08. The van der Waals surface area contributed by atoms with Crippen molar-refractivity contribution in [2.75, 3.05) is 31.1 Å². The first-order valence-electron chi connectivity index (χ1n) is 5.39. The topological polar surface area (TPSA) is 58.4 Å². The molecule has 0 spiro atoms. The van der Waals surface area contributed by atoms with Gasteiger partial charge in [-0.3, -0.25) is 10.1 Å². The monoisotopic (exact) mass is 256 g/mol. The van der Waals surface area contributed by atoms with Crippen LogP contribution < -0.4 is 22.6 Å². The van der Waals surface area contributed by atoms with Crippen LogP contribution in [-0.4, -0.2) is 31.1 Å². The molecule has 1 N–H and O–H groups in total. The molecule has 1 aliphatic rings. The predicted octanol–water partition coefficient (Wildman–Crippen LogP) is -1.68. The highest BCUT2D eigenvalue weighted by Gasteiger charge is 2.14. The minimum atomic E-state index is -0.353. The van der Waals surface area contributed by atoms with Crippen molar-refractivity contribution in [3.8, 4) is 0 Å². The maximum atomic E-state index is 10.6. The van der Waals surface area contributed by atoms with Crippen molar-refractivity contribution in [3.63, 3.8) is 0 Å². The number of anilines is 1. The van der Waals surface area contributed by atoms with Crippen LogP contribution in [0.4, 0.5) is 11.4 Å². The molecule has 1 aliphatic heterocycles. The molecule has 6 heteroatoms. The summed E-state index contributed by atoms with van der Waals surface area (Å²) in [5, 5.41) is 13.9. The number of non-ortho nitro benzene ring substituents is 1. The van der Waals surface area contributed by atoms with Gasteiger partial charge < -0.3 is 22.6 Å². The number of rotatable bonds is 2. The van der Waals surface area contributed by atoms with Gasteiger partial charge in [-0.1, -0.05) is 0 Å². The van der Waals surface area contributed by atoms with Gasteiger partial charge in [0.05, 0.1) is 4.92 Å². The maximum absolute atomic E-state index is 10.6. The van der Waals surface area contributed by atoms with E-state index in [1.807, 2.05) is 13.0 Å². The van der Waals surface area contributed by atoms with Crippen LogP contribution in [0.3, 0.4) is 0 Å². The first-order valence-corrected chi connectivity index (χ1v) is 5.39. The molecule has 17 heavy (non-hydrogen) atoms. The van der Waals surface area contributed by atoms with Crippen molar-refractivity contribution >= 4 is 11.4 Å². The third-order valence-electron chi connectivity index (χ3n) is 2.85. The fraction of sp³-hybridized carbons (Fsp3) is 0.455. The van der Waals surface area contributed by atoms with E-state index in [2.05, 4.69) is 10.2 Å². The number of aryl methyl sites for hydroxylation is 1. The summed E-state index contributed by atoms with van der Waals surface area (Å²) in [5.74, 6) is 0. The minimum Gasteiger partial charge on any atom is -1.00 e. The highest BCUT2D eigenvalue weighted by molar-refractivity contribution is 5.57. The molecule has 0 bridgehead atoms. The van der Waals surface area contributed by atoms with E-state index in [0.29, 0.717) is 0 Å². The molecule has 1 aromatic rings. The largest absolute Gasteiger partial charge is 1.00 e. The Labute approximate surface area is 106 Å². The Balaban J connectivity index is 0.00000144. The second-order valence-corrected chi connectivity index (χ2v) is 3.96. The Morgan fingerprint density at radius 2 is 2.00 bits per heavy atom. The quantitative estimate of drug-likeness (QED) is 0.507. The number of nitro groups is 1. The molecule has 0 saturated carbocycles. The van der Waals surface area contributed by atoms with Gasteiger partial charge in [-0.2, -0.15) is 0 Å². The molecule has 1 saturated heterocycles. The van der Waals surface area contributed by atoms with Gasteiger partial charge in [0.25, 0.3) is 5.69 Å². The Morgan fingerprint density at radius 1 is 1.35 bits per heavy atom. The van der Waals surface area contributed by atoms with Gasteiger partial charge in [0, 0.05) is 44.0 Å². The highest BCUT2D eigenvalue weighted by atomic mass is 35.5. The zero-order valence-corrected chi connectivity index (χ0v) is 10.4. The van der Waals surface area contributed by atoms with E-state index < -0.39 is 0 Å². The highest BCUT2D eigenvalue weighted by Crippen LogP contribution is 2.24. The summed E-state index contributed by atoms with van der Waals surface area (Å²) in [6, 6.07) is 5.06. The Hall–Kier alpha value is -1.33. The van der Waals surface area contributed by atoms with Gasteiger partial charge in [0.2, 0.25) is 0 Å². The molecule has 0 unspecified atom stereocenters. The predicted molar refractivity (Wildman–Crippen MR) is 62.9 cm³/mol. The molecule has 1 heterocycles. The summed E-state index contributed by atoms with van der Waals surface area (Å²) in [5.41, 5.74) is 2.24. The van der Waals surface area contributed by atoms with E-state index in [1.165, 1.54) is 0 Å². The number of halogens is 1. The second kappa shape index (κ2) is 5.84. The van der Waals surface area contributed by atoms with Gasteiger partial charge >= 0.3 is 0 Å². The van der Waals surface area contributed by atoms with Crippen LogP contribution in [0.25, 0.3) is 0 Å². The van der Waals surface area contributed by atoms with E-state index >= 15 is 0 Å². The Morgan fingerprint density at radius 3 is 2.53 bits per heavy atom. The molecular weight excluding hydrogens is 242 g/mol. The molecule has 1 aromatic carbocycles. The summed E-state index contributed by atoms with van der Waals surface area (Å²) in [6.45, 7) is 5.77. The lowest BCUT2D eigenvalue weighted by molar-refractivity contribution is -0.384. The Bertz CT molecular complexity index is 406. The minimum absolute atomic E-state index is 0. The fourth-order valence-corrected chi connectivity index (χ4v) is 2.01. The van der Waals surface area contributed by atoms with Crippen molar-refractivity contribution < 1.29 is 17.3 Å². The number of hydrogen-bond acceptors (Lipinski definition) is 4. The molecule has 5 nitrogen and oxygen atoms in total. The van der Waals surface area contributed by atoms with Crippen LogP contribution in [0.2, 0.25) is 0 Å². The molecule has 0 amide bonds. The lowest BCUT2D eigenvalue weighted by Gasteiger charge is -2.30. The number of nitrogens with one attached hydrogen (secondary N) is 1. The van der Waals surface area contributed by atoms with Crippen molar-refractivity contribution in [1.29, 1.82) is 0 Å². The summed E-state index contributed by atoms with van der Waals surface area (Å²) < 4.78 is 0. The number of nitrogens with zero attached hydrogens (tertiary/aromatic N) is 2. The van der Waals surface area contributed by atoms with Crippen LogP contribution in [-0.2, 0) is 0 Å². The first-order chi connectivity index (χ1) is 7.68. The standard InChI is InChI=1S/C11H15N3O2.ClH/c1-9-8-10(14(15)16)2-3-11(9)13-6-4-12-5-7-13;/h2-3,8,12H,4-7H2,1H3;1H/p-1. The average molecular weight is 257 g/mol. The summed E-state index contributed by atoms with van der Waals surface area (Å²) in [6.07, 6.45) is 0. The van der Waals surface area contributed by atoms with Crippen LogP contribution in [0.5, 0.6) is 0 Å². The summed E-state index contributed by atoms with van der Waals surface area (Å²) in [7, 11) is 0. The van der Waals surface area contributed by atoms with Gasteiger partial charge in [-0.05, 0) is 18.6 Å². The maximum Gasteiger partial charge on any atom is 0.269 e. The number of piperazine rings is 1. The molecule has 0 atom stereocenters. The van der Waals surface area contributed by atoms with Gasteiger partial charge in [0.15, 0.2) is 0 Å². The zero-order chi connectivity index (χ0) is 11.5. The SMILES string of the molecule is Cc1cc([N+](=O)[O-])ccc1N1CCNCC1.[Cl-]. The van der Waals surface area contributed by atoms with Crippen LogP contribution in [0.1, 0.15) is 5.56 Å². The molecular formula is C11H15ClN3O2-. The van der Waals surface area contributed by atoms with E-state index in [4.69, 9.17) is 0 Å². The lowest BCUT2D eigenvalue weighted by atomic mass is 10.1.